The quantitative estimate of drug-likeness (QED) is 0.600. The van der Waals surface area contributed by atoms with Crippen LogP contribution in [0.5, 0.6) is 0 Å². The summed E-state index contributed by atoms with van der Waals surface area (Å²) in [6.45, 7) is 4.73. The van der Waals surface area contributed by atoms with Crippen molar-refractivity contribution in [2.45, 2.75) is 0 Å². The van der Waals surface area contributed by atoms with Gasteiger partial charge in [0, 0.05) is 32.3 Å². The Bertz CT molecular complexity index is 916. The summed E-state index contributed by atoms with van der Waals surface area (Å²) in [5, 5.41) is 0.747. The third-order valence-corrected chi connectivity index (χ3v) is 5.80. The standard InChI is InChI=1S/C22H23N3O2S/c26-21(11-10-18-6-2-1-3-7-18)25(13-12-24-14-16-27-17-15-24)22-23-19-8-4-5-9-20(19)28-22/h1-11H,12-17H2/b11-10+. The van der Waals surface area contributed by atoms with Crippen LogP contribution in [0.25, 0.3) is 16.3 Å². The van der Waals surface area contributed by atoms with Crippen molar-refractivity contribution in [3.05, 3.63) is 66.2 Å². The Morgan fingerprint density at radius 3 is 2.64 bits per heavy atom. The molecule has 1 aliphatic rings. The molecule has 0 unspecified atom stereocenters. The van der Waals surface area contributed by atoms with Crippen LogP contribution in [0.15, 0.2) is 60.7 Å². The van der Waals surface area contributed by atoms with Gasteiger partial charge in [-0.2, -0.15) is 0 Å². The maximum atomic E-state index is 13.0. The van der Waals surface area contributed by atoms with E-state index in [1.54, 1.807) is 22.3 Å². The molecule has 4 rings (SSSR count). The number of thiazole rings is 1. The number of nitrogens with zero attached hydrogens (tertiary/aromatic N) is 3. The normalized spacial score (nSPS) is 15.3. The molecule has 1 saturated heterocycles. The van der Waals surface area contributed by atoms with E-state index in [2.05, 4.69) is 4.90 Å². The first kappa shape index (κ1) is 18.8. The lowest BCUT2D eigenvalue weighted by Gasteiger charge is -2.28. The summed E-state index contributed by atoms with van der Waals surface area (Å²) in [6, 6.07) is 17.9. The van der Waals surface area contributed by atoms with Gasteiger partial charge in [0.1, 0.15) is 0 Å². The SMILES string of the molecule is O=C(/C=C/c1ccccc1)N(CCN1CCOCC1)c1nc2ccccc2s1. The number of hydrogen-bond acceptors (Lipinski definition) is 5. The molecule has 1 aliphatic heterocycles. The van der Waals surface area contributed by atoms with Gasteiger partial charge in [-0.3, -0.25) is 14.6 Å². The molecule has 2 aromatic carbocycles. The molecule has 1 amide bonds. The topological polar surface area (TPSA) is 45.7 Å². The van der Waals surface area contributed by atoms with Crippen LogP contribution in [0.2, 0.25) is 0 Å². The lowest BCUT2D eigenvalue weighted by atomic mass is 10.2. The minimum atomic E-state index is -0.0452. The molecule has 5 nitrogen and oxygen atoms in total. The smallest absolute Gasteiger partial charge is 0.252 e. The molecule has 2 heterocycles. The Kier molecular flexibility index (Phi) is 6.11. The average molecular weight is 394 g/mol. The third kappa shape index (κ3) is 4.65. The number of morpholine rings is 1. The maximum absolute atomic E-state index is 13.0. The van der Waals surface area contributed by atoms with Crippen LogP contribution < -0.4 is 4.90 Å². The van der Waals surface area contributed by atoms with Gasteiger partial charge in [0.15, 0.2) is 5.13 Å². The van der Waals surface area contributed by atoms with E-state index in [9.17, 15) is 4.79 Å². The Hall–Kier alpha value is -2.54. The molecule has 1 aromatic heterocycles. The molecule has 0 aliphatic carbocycles. The lowest BCUT2D eigenvalue weighted by Crippen LogP contribution is -2.42. The third-order valence-electron chi connectivity index (χ3n) is 4.74. The van der Waals surface area contributed by atoms with E-state index >= 15 is 0 Å². The summed E-state index contributed by atoms with van der Waals surface area (Å²) in [6.07, 6.45) is 3.50. The average Bonchev–Trinajstić information content (AvgIpc) is 3.18. The van der Waals surface area contributed by atoms with Crippen LogP contribution in [0.4, 0.5) is 5.13 Å². The minimum Gasteiger partial charge on any atom is -0.379 e. The summed E-state index contributed by atoms with van der Waals surface area (Å²) < 4.78 is 6.51. The first-order valence-electron chi connectivity index (χ1n) is 9.50. The molecule has 0 saturated carbocycles. The molecular weight excluding hydrogens is 370 g/mol. The summed E-state index contributed by atoms with van der Waals surface area (Å²) >= 11 is 1.56. The molecule has 0 atom stereocenters. The highest BCUT2D eigenvalue weighted by Gasteiger charge is 2.20. The highest BCUT2D eigenvalue weighted by molar-refractivity contribution is 7.22. The summed E-state index contributed by atoms with van der Waals surface area (Å²) in [5.41, 5.74) is 1.94. The van der Waals surface area contributed by atoms with Gasteiger partial charge < -0.3 is 4.74 Å². The van der Waals surface area contributed by atoms with Gasteiger partial charge >= 0.3 is 0 Å². The molecule has 0 spiro atoms. The van der Waals surface area contributed by atoms with Crippen molar-refractivity contribution in [1.29, 1.82) is 0 Å². The minimum absolute atomic E-state index is 0.0452. The van der Waals surface area contributed by atoms with Gasteiger partial charge in [-0.15, -0.1) is 0 Å². The zero-order valence-electron chi connectivity index (χ0n) is 15.7. The van der Waals surface area contributed by atoms with Crippen molar-refractivity contribution in [3.8, 4) is 0 Å². The molecule has 0 radical (unpaired) electrons. The fraction of sp³-hybridized carbons (Fsp3) is 0.273. The number of rotatable bonds is 6. The van der Waals surface area contributed by atoms with Gasteiger partial charge in [0.25, 0.3) is 5.91 Å². The second kappa shape index (κ2) is 9.10. The number of ether oxygens (including phenoxy) is 1. The molecule has 6 heteroatoms. The van der Waals surface area contributed by atoms with Crippen molar-refractivity contribution in [1.82, 2.24) is 9.88 Å². The summed E-state index contributed by atoms with van der Waals surface area (Å²) in [4.78, 5) is 21.9. The second-order valence-electron chi connectivity index (χ2n) is 6.65. The number of aromatic nitrogens is 1. The van der Waals surface area contributed by atoms with Crippen molar-refractivity contribution < 1.29 is 9.53 Å². The number of fused-ring (bicyclic) bond motifs is 1. The fourth-order valence-corrected chi connectivity index (χ4v) is 4.16. The van der Waals surface area contributed by atoms with Crippen LogP contribution in [-0.2, 0) is 9.53 Å². The summed E-state index contributed by atoms with van der Waals surface area (Å²) in [7, 11) is 0. The van der Waals surface area contributed by atoms with Crippen molar-refractivity contribution in [3.63, 3.8) is 0 Å². The van der Waals surface area contributed by atoms with E-state index in [4.69, 9.17) is 9.72 Å². The van der Waals surface area contributed by atoms with Crippen molar-refractivity contribution in [2.24, 2.45) is 0 Å². The molecule has 3 aromatic rings. The van der Waals surface area contributed by atoms with E-state index in [-0.39, 0.29) is 5.91 Å². The first-order valence-corrected chi connectivity index (χ1v) is 10.3. The van der Waals surface area contributed by atoms with E-state index in [1.165, 1.54) is 0 Å². The van der Waals surface area contributed by atoms with Gasteiger partial charge in [-0.1, -0.05) is 53.8 Å². The number of carbonyl (C=O) groups is 1. The van der Waals surface area contributed by atoms with Crippen LogP contribution >= 0.6 is 11.3 Å². The van der Waals surface area contributed by atoms with E-state index in [1.807, 2.05) is 60.7 Å². The number of carbonyl (C=O) groups excluding carboxylic acids is 1. The molecule has 144 valence electrons. The van der Waals surface area contributed by atoms with Crippen LogP contribution in [-0.4, -0.2) is 55.2 Å². The van der Waals surface area contributed by atoms with Gasteiger partial charge in [-0.25, -0.2) is 4.98 Å². The van der Waals surface area contributed by atoms with Gasteiger partial charge in [-0.05, 0) is 23.8 Å². The predicted octanol–water partition coefficient (Wildman–Crippen LogP) is 3.67. The molecule has 1 fully saturated rings. The van der Waals surface area contributed by atoms with Gasteiger partial charge in [0.2, 0.25) is 0 Å². The Balaban J connectivity index is 1.54. The number of para-hydroxylation sites is 1. The number of hydrogen-bond donors (Lipinski definition) is 0. The zero-order chi connectivity index (χ0) is 19.2. The fourth-order valence-electron chi connectivity index (χ4n) is 3.16. The van der Waals surface area contributed by atoms with Crippen LogP contribution in [0, 0.1) is 0 Å². The van der Waals surface area contributed by atoms with Crippen molar-refractivity contribution in [2.75, 3.05) is 44.3 Å². The number of anilines is 1. The molecule has 0 N–H and O–H groups in total. The molecule has 28 heavy (non-hydrogen) atoms. The Morgan fingerprint density at radius 2 is 1.86 bits per heavy atom. The van der Waals surface area contributed by atoms with E-state index < -0.39 is 0 Å². The van der Waals surface area contributed by atoms with Gasteiger partial charge in [0.05, 0.1) is 23.4 Å². The largest absolute Gasteiger partial charge is 0.379 e. The first-order chi connectivity index (χ1) is 13.8. The Morgan fingerprint density at radius 1 is 1.11 bits per heavy atom. The van der Waals surface area contributed by atoms with Crippen molar-refractivity contribution >= 4 is 38.7 Å². The lowest BCUT2D eigenvalue weighted by molar-refractivity contribution is -0.114. The van der Waals surface area contributed by atoms with Crippen LogP contribution in [0.1, 0.15) is 5.56 Å². The van der Waals surface area contributed by atoms with E-state index in [0.717, 1.165) is 53.8 Å². The highest BCUT2D eigenvalue weighted by Crippen LogP contribution is 2.28. The number of amides is 1. The molecule has 0 bridgehead atoms. The Labute approximate surface area is 168 Å². The second-order valence-corrected chi connectivity index (χ2v) is 7.66. The predicted molar refractivity (Wildman–Crippen MR) is 115 cm³/mol. The monoisotopic (exact) mass is 393 g/mol. The molecular formula is C22H23N3O2S. The summed E-state index contributed by atoms with van der Waals surface area (Å²) in [5.74, 6) is -0.0452. The highest BCUT2D eigenvalue weighted by atomic mass is 32.1. The number of benzene rings is 2. The zero-order valence-corrected chi connectivity index (χ0v) is 16.5. The van der Waals surface area contributed by atoms with Crippen LogP contribution in [0.3, 0.4) is 0 Å². The van der Waals surface area contributed by atoms with E-state index in [0.29, 0.717) is 6.54 Å². The maximum Gasteiger partial charge on any atom is 0.252 e.